The smallest absolute Gasteiger partial charge is 0.192 e. The summed E-state index contributed by atoms with van der Waals surface area (Å²) in [5.41, 5.74) is 4.98. The zero-order valence-corrected chi connectivity index (χ0v) is 9.99. The molecule has 0 spiro atoms. The van der Waals surface area contributed by atoms with Crippen molar-refractivity contribution in [1.82, 2.24) is 10.3 Å². The fourth-order valence-electron chi connectivity index (χ4n) is 3.40. The van der Waals surface area contributed by atoms with Gasteiger partial charge in [0.2, 0.25) is 0 Å². The fraction of sp³-hybridized carbons (Fsp3) is 0.500. The Morgan fingerprint density at radius 2 is 1.88 bits per heavy atom. The van der Waals surface area contributed by atoms with Gasteiger partial charge in [0, 0.05) is 20.0 Å². The van der Waals surface area contributed by atoms with E-state index in [9.17, 15) is 0 Å². The van der Waals surface area contributed by atoms with Crippen molar-refractivity contribution in [2.45, 2.75) is 31.6 Å². The van der Waals surface area contributed by atoms with E-state index in [0.29, 0.717) is 11.8 Å². The second kappa shape index (κ2) is 3.33. The molecular weight excluding hydrogens is 212 g/mol. The minimum Gasteiger partial charge on any atom is -0.441 e. The fourth-order valence-corrected chi connectivity index (χ4v) is 3.40. The van der Waals surface area contributed by atoms with Crippen LogP contribution in [0, 0.1) is 6.92 Å². The van der Waals surface area contributed by atoms with E-state index in [-0.39, 0.29) is 0 Å². The summed E-state index contributed by atoms with van der Waals surface area (Å²) in [6.07, 6.45) is 2.62. The molecule has 2 aliphatic heterocycles. The molecular formula is C14H16N2O. The van der Waals surface area contributed by atoms with Crippen molar-refractivity contribution in [2.75, 3.05) is 13.1 Å². The molecule has 1 N–H and O–H groups in total. The van der Waals surface area contributed by atoms with Crippen LogP contribution in [0.15, 0.2) is 16.5 Å². The van der Waals surface area contributed by atoms with Crippen LogP contribution in [0.5, 0.6) is 0 Å². The zero-order valence-electron chi connectivity index (χ0n) is 9.99. The Kier molecular flexibility index (Phi) is 1.89. The third-order valence-electron chi connectivity index (χ3n) is 4.22. The summed E-state index contributed by atoms with van der Waals surface area (Å²) in [4.78, 5) is 4.45. The number of rotatable bonds is 0. The van der Waals surface area contributed by atoms with E-state index in [1.807, 2.05) is 6.92 Å². The second-order valence-electron chi connectivity index (χ2n) is 5.31. The number of aromatic nitrogens is 1. The van der Waals surface area contributed by atoms with Gasteiger partial charge in [0.25, 0.3) is 0 Å². The molecule has 2 bridgehead atoms. The van der Waals surface area contributed by atoms with Gasteiger partial charge in [0.05, 0.1) is 0 Å². The first-order valence-electron chi connectivity index (χ1n) is 6.43. The normalized spacial score (nSPS) is 27.1. The van der Waals surface area contributed by atoms with Crippen LogP contribution >= 0.6 is 0 Å². The van der Waals surface area contributed by atoms with E-state index in [4.69, 9.17) is 4.42 Å². The average Bonchev–Trinajstić information content (AvgIpc) is 2.52. The van der Waals surface area contributed by atoms with Gasteiger partial charge in [-0.1, -0.05) is 0 Å². The Bertz CT molecular complexity index is 534. The van der Waals surface area contributed by atoms with Crippen LogP contribution in [0.3, 0.4) is 0 Å². The van der Waals surface area contributed by atoms with Gasteiger partial charge in [-0.3, -0.25) is 0 Å². The lowest BCUT2D eigenvalue weighted by atomic mass is 9.78. The molecule has 3 heteroatoms. The maximum Gasteiger partial charge on any atom is 0.192 e. The minimum atomic E-state index is 0.665. The number of aryl methyl sites for hydroxylation is 1. The van der Waals surface area contributed by atoms with Crippen LogP contribution in [-0.4, -0.2) is 18.1 Å². The third kappa shape index (κ3) is 1.35. The van der Waals surface area contributed by atoms with E-state index < -0.39 is 0 Å². The topological polar surface area (TPSA) is 38.1 Å². The van der Waals surface area contributed by atoms with Crippen LogP contribution in [0.2, 0.25) is 0 Å². The Hall–Kier alpha value is -1.35. The van der Waals surface area contributed by atoms with Crippen molar-refractivity contribution in [2.24, 2.45) is 0 Å². The minimum absolute atomic E-state index is 0.665. The molecule has 2 unspecified atom stereocenters. The number of benzene rings is 1. The molecule has 1 saturated heterocycles. The van der Waals surface area contributed by atoms with Crippen molar-refractivity contribution < 1.29 is 4.42 Å². The summed E-state index contributed by atoms with van der Waals surface area (Å²) in [5.74, 6) is 2.11. The van der Waals surface area contributed by atoms with Gasteiger partial charge in [-0.25, -0.2) is 4.98 Å². The Balaban J connectivity index is 2.00. The van der Waals surface area contributed by atoms with E-state index >= 15 is 0 Å². The first-order valence-corrected chi connectivity index (χ1v) is 6.43. The molecule has 1 aromatic carbocycles. The molecule has 1 aromatic heterocycles. The molecule has 1 fully saturated rings. The van der Waals surface area contributed by atoms with E-state index in [2.05, 4.69) is 22.4 Å². The standard InChI is InChI=1S/C14H16N2O/c1-8-16-13-4-11-9-2-3-10(7-15-6-9)12(11)5-14(13)17-8/h4-5,9-10,15H,2-3,6-7H2,1H3. The summed E-state index contributed by atoms with van der Waals surface area (Å²) < 4.78 is 5.65. The summed E-state index contributed by atoms with van der Waals surface area (Å²) in [7, 11) is 0. The van der Waals surface area contributed by atoms with Gasteiger partial charge in [-0.15, -0.1) is 0 Å². The molecule has 3 heterocycles. The molecule has 0 amide bonds. The van der Waals surface area contributed by atoms with Crippen molar-refractivity contribution in [3.05, 3.63) is 29.2 Å². The highest BCUT2D eigenvalue weighted by Gasteiger charge is 2.31. The maximum atomic E-state index is 5.65. The van der Waals surface area contributed by atoms with Crippen LogP contribution in [0.25, 0.3) is 11.1 Å². The Morgan fingerprint density at radius 3 is 2.65 bits per heavy atom. The number of hydrogen-bond acceptors (Lipinski definition) is 3. The first-order chi connectivity index (χ1) is 8.31. The molecule has 3 nitrogen and oxygen atoms in total. The van der Waals surface area contributed by atoms with Crippen LogP contribution in [0.4, 0.5) is 0 Å². The Labute approximate surface area is 100 Å². The number of oxazole rings is 1. The van der Waals surface area contributed by atoms with Crippen LogP contribution < -0.4 is 5.32 Å². The van der Waals surface area contributed by atoms with E-state index in [0.717, 1.165) is 30.1 Å². The van der Waals surface area contributed by atoms with Crippen molar-refractivity contribution in [3.8, 4) is 0 Å². The highest BCUT2D eigenvalue weighted by atomic mass is 16.3. The second-order valence-corrected chi connectivity index (χ2v) is 5.31. The molecule has 88 valence electrons. The SMILES string of the molecule is Cc1nc2cc3c(cc2o1)C1CCC3CNC1. The Morgan fingerprint density at radius 1 is 1.18 bits per heavy atom. The lowest BCUT2D eigenvalue weighted by Crippen LogP contribution is -2.18. The van der Waals surface area contributed by atoms with Crippen LogP contribution in [-0.2, 0) is 0 Å². The lowest BCUT2D eigenvalue weighted by molar-refractivity contribution is 0.543. The van der Waals surface area contributed by atoms with Gasteiger partial charge in [0.1, 0.15) is 5.52 Å². The number of hydrogen-bond donors (Lipinski definition) is 1. The van der Waals surface area contributed by atoms with Crippen molar-refractivity contribution >= 4 is 11.1 Å². The molecule has 0 radical (unpaired) electrons. The summed E-state index contributed by atoms with van der Waals surface area (Å²) >= 11 is 0. The number of fused-ring (bicyclic) bond motifs is 4. The predicted octanol–water partition coefficient (Wildman–Crippen LogP) is 2.70. The van der Waals surface area contributed by atoms with Gasteiger partial charge in [-0.2, -0.15) is 0 Å². The number of nitrogens with one attached hydrogen (secondary N) is 1. The molecule has 2 atom stereocenters. The van der Waals surface area contributed by atoms with Gasteiger partial charge in [0.15, 0.2) is 11.5 Å². The molecule has 1 aliphatic carbocycles. The van der Waals surface area contributed by atoms with Crippen LogP contribution in [0.1, 0.15) is 41.7 Å². The highest BCUT2D eigenvalue weighted by molar-refractivity contribution is 5.75. The maximum absolute atomic E-state index is 5.65. The van der Waals surface area contributed by atoms with Crippen molar-refractivity contribution in [1.29, 1.82) is 0 Å². The molecule has 5 rings (SSSR count). The quantitative estimate of drug-likeness (QED) is 0.753. The first kappa shape index (κ1) is 9.66. The van der Waals surface area contributed by atoms with E-state index in [1.165, 1.54) is 24.0 Å². The monoisotopic (exact) mass is 228 g/mol. The van der Waals surface area contributed by atoms with E-state index in [1.54, 1.807) is 0 Å². The predicted molar refractivity (Wildman–Crippen MR) is 66.3 cm³/mol. The summed E-state index contributed by atoms with van der Waals surface area (Å²) in [6, 6.07) is 4.49. The molecule has 3 aliphatic rings. The van der Waals surface area contributed by atoms with Gasteiger partial charge in [-0.05, 0) is 47.9 Å². The largest absolute Gasteiger partial charge is 0.441 e. The third-order valence-corrected chi connectivity index (χ3v) is 4.22. The molecule has 17 heavy (non-hydrogen) atoms. The van der Waals surface area contributed by atoms with Gasteiger partial charge >= 0.3 is 0 Å². The van der Waals surface area contributed by atoms with Gasteiger partial charge < -0.3 is 9.73 Å². The lowest BCUT2D eigenvalue weighted by Gasteiger charge is -2.26. The zero-order chi connectivity index (χ0) is 11.4. The summed E-state index contributed by atoms with van der Waals surface area (Å²) in [6.45, 7) is 4.15. The van der Waals surface area contributed by atoms with Crippen molar-refractivity contribution in [3.63, 3.8) is 0 Å². The highest BCUT2D eigenvalue weighted by Crippen LogP contribution is 2.42. The average molecular weight is 228 g/mol. The summed E-state index contributed by atoms with van der Waals surface area (Å²) in [5, 5.41) is 3.56. The molecule has 2 aromatic rings. The molecule has 0 saturated carbocycles. The number of nitrogens with zero attached hydrogens (tertiary/aromatic N) is 1.